The van der Waals surface area contributed by atoms with Crippen molar-refractivity contribution in [2.45, 2.75) is 52.0 Å². The van der Waals surface area contributed by atoms with Gasteiger partial charge in [0.15, 0.2) is 5.82 Å². The Labute approximate surface area is 109 Å². The quantitative estimate of drug-likeness (QED) is 0.815. The van der Waals surface area contributed by atoms with Gasteiger partial charge in [0.25, 0.3) is 0 Å². The standard InChI is InChI=1S/C14H23N3O/c1-2-9-17-10-8-16-13(17)12(18)14(11-15)6-4-3-5-7-14/h8,10H,2-7,9,11,15H2,1H3. The van der Waals surface area contributed by atoms with Crippen molar-refractivity contribution in [2.24, 2.45) is 11.1 Å². The van der Waals surface area contributed by atoms with Crippen molar-refractivity contribution >= 4 is 5.78 Å². The van der Waals surface area contributed by atoms with Crippen LogP contribution >= 0.6 is 0 Å². The Hall–Kier alpha value is -1.16. The van der Waals surface area contributed by atoms with Crippen molar-refractivity contribution in [1.82, 2.24) is 9.55 Å². The van der Waals surface area contributed by atoms with Gasteiger partial charge in [0, 0.05) is 30.9 Å². The van der Waals surface area contributed by atoms with Crippen LogP contribution in [-0.2, 0) is 6.54 Å². The zero-order chi connectivity index (χ0) is 13.0. The number of nitrogens with two attached hydrogens (primary N) is 1. The molecule has 1 fully saturated rings. The zero-order valence-corrected chi connectivity index (χ0v) is 11.2. The van der Waals surface area contributed by atoms with Crippen molar-refractivity contribution < 1.29 is 4.79 Å². The molecule has 4 heteroatoms. The second-order valence-corrected chi connectivity index (χ2v) is 5.32. The SMILES string of the molecule is CCCn1ccnc1C(=O)C1(CN)CCCCC1. The van der Waals surface area contributed by atoms with Crippen LogP contribution in [0, 0.1) is 5.41 Å². The fraction of sp³-hybridized carbons (Fsp3) is 0.714. The molecule has 0 aliphatic heterocycles. The number of carbonyl (C=O) groups excluding carboxylic acids is 1. The summed E-state index contributed by atoms with van der Waals surface area (Å²) in [7, 11) is 0. The van der Waals surface area contributed by atoms with Gasteiger partial charge < -0.3 is 10.3 Å². The summed E-state index contributed by atoms with van der Waals surface area (Å²) >= 11 is 0. The molecule has 4 nitrogen and oxygen atoms in total. The number of hydrogen-bond donors (Lipinski definition) is 1. The van der Waals surface area contributed by atoms with E-state index in [-0.39, 0.29) is 11.2 Å². The average molecular weight is 249 g/mol. The Morgan fingerprint density at radius 3 is 2.78 bits per heavy atom. The van der Waals surface area contributed by atoms with Crippen LogP contribution in [0.4, 0.5) is 0 Å². The van der Waals surface area contributed by atoms with Gasteiger partial charge in [-0.1, -0.05) is 26.2 Å². The molecule has 0 atom stereocenters. The summed E-state index contributed by atoms with van der Waals surface area (Å²) in [6.07, 6.45) is 9.89. The number of Topliss-reactive ketones (excluding diaryl/α,β-unsaturated/α-hetero) is 1. The van der Waals surface area contributed by atoms with Gasteiger partial charge in [-0.25, -0.2) is 4.98 Å². The minimum absolute atomic E-state index is 0.156. The fourth-order valence-electron chi connectivity index (χ4n) is 2.93. The molecule has 18 heavy (non-hydrogen) atoms. The van der Waals surface area contributed by atoms with Crippen LogP contribution in [0.2, 0.25) is 0 Å². The molecule has 2 rings (SSSR count). The molecular formula is C14H23N3O. The Morgan fingerprint density at radius 1 is 1.44 bits per heavy atom. The third-order valence-corrected chi connectivity index (χ3v) is 4.07. The summed E-state index contributed by atoms with van der Waals surface area (Å²) in [6, 6.07) is 0. The Morgan fingerprint density at radius 2 is 2.17 bits per heavy atom. The lowest BCUT2D eigenvalue weighted by Gasteiger charge is -2.34. The molecular weight excluding hydrogens is 226 g/mol. The number of carbonyl (C=O) groups is 1. The summed E-state index contributed by atoms with van der Waals surface area (Å²) < 4.78 is 1.97. The van der Waals surface area contributed by atoms with Gasteiger partial charge >= 0.3 is 0 Å². The summed E-state index contributed by atoms with van der Waals surface area (Å²) in [6.45, 7) is 3.40. The van der Waals surface area contributed by atoms with E-state index >= 15 is 0 Å². The Kier molecular flexibility index (Phi) is 4.17. The van der Waals surface area contributed by atoms with E-state index in [1.165, 1.54) is 6.42 Å². The number of rotatable bonds is 5. The van der Waals surface area contributed by atoms with Crippen molar-refractivity contribution in [3.05, 3.63) is 18.2 Å². The lowest BCUT2D eigenvalue weighted by Crippen LogP contribution is -2.41. The number of aromatic nitrogens is 2. The van der Waals surface area contributed by atoms with Crippen LogP contribution < -0.4 is 5.73 Å². The molecule has 2 N–H and O–H groups in total. The maximum absolute atomic E-state index is 12.7. The van der Waals surface area contributed by atoms with Crippen LogP contribution in [0.3, 0.4) is 0 Å². The number of ketones is 1. The maximum Gasteiger partial charge on any atom is 0.205 e. The van der Waals surface area contributed by atoms with Crippen LogP contribution in [0.25, 0.3) is 0 Å². The fourth-order valence-corrected chi connectivity index (χ4v) is 2.93. The van der Waals surface area contributed by atoms with Gasteiger partial charge in [0.05, 0.1) is 0 Å². The summed E-state index contributed by atoms with van der Waals surface area (Å²) in [4.78, 5) is 17.0. The van der Waals surface area contributed by atoms with E-state index in [1.54, 1.807) is 6.20 Å². The van der Waals surface area contributed by atoms with Crippen molar-refractivity contribution in [2.75, 3.05) is 6.54 Å². The average Bonchev–Trinajstić information content (AvgIpc) is 2.87. The zero-order valence-electron chi connectivity index (χ0n) is 11.2. The lowest BCUT2D eigenvalue weighted by molar-refractivity contribution is 0.0712. The molecule has 1 aromatic rings. The van der Waals surface area contributed by atoms with E-state index in [4.69, 9.17) is 5.73 Å². The predicted octanol–water partition coefficient (Wildman–Crippen LogP) is 2.39. The largest absolute Gasteiger partial charge is 0.329 e. The van der Waals surface area contributed by atoms with E-state index in [1.807, 2.05) is 10.8 Å². The van der Waals surface area contributed by atoms with Crippen LogP contribution in [0.5, 0.6) is 0 Å². The second kappa shape index (κ2) is 5.65. The van der Waals surface area contributed by atoms with E-state index < -0.39 is 0 Å². The molecule has 1 saturated carbocycles. The molecule has 1 aliphatic rings. The van der Waals surface area contributed by atoms with E-state index in [0.717, 1.165) is 38.6 Å². The molecule has 0 spiro atoms. The lowest BCUT2D eigenvalue weighted by atomic mass is 9.71. The highest BCUT2D eigenvalue weighted by atomic mass is 16.1. The van der Waals surface area contributed by atoms with Crippen LogP contribution in [0.1, 0.15) is 56.1 Å². The molecule has 1 aliphatic carbocycles. The molecule has 0 bridgehead atoms. The first-order valence-electron chi connectivity index (χ1n) is 6.99. The third-order valence-electron chi connectivity index (χ3n) is 4.07. The monoisotopic (exact) mass is 249 g/mol. The van der Waals surface area contributed by atoms with Crippen LogP contribution in [-0.4, -0.2) is 21.9 Å². The highest BCUT2D eigenvalue weighted by Gasteiger charge is 2.40. The highest BCUT2D eigenvalue weighted by Crippen LogP contribution is 2.38. The number of hydrogen-bond acceptors (Lipinski definition) is 3. The summed E-state index contributed by atoms with van der Waals surface area (Å²) in [5.74, 6) is 0.757. The maximum atomic E-state index is 12.7. The molecule has 100 valence electrons. The Balaban J connectivity index is 2.25. The van der Waals surface area contributed by atoms with Gasteiger partial charge in [-0.2, -0.15) is 0 Å². The van der Waals surface area contributed by atoms with Crippen molar-refractivity contribution in [3.8, 4) is 0 Å². The first-order chi connectivity index (χ1) is 8.73. The second-order valence-electron chi connectivity index (χ2n) is 5.32. The smallest absolute Gasteiger partial charge is 0.205 e. The molecule has 0 aromatic carbocycles. The summed E-state index contributed by atoms with van der Waals surface area (Å²) in [5.41, 5.74) is 5.56. The normalized spacial score (nSPS) is 18.8. The first kappa shape index (κ1) is 13.3. The van der Waals surface area contributed by atoms with E-state index in [9.17, 15) is 4.79 Å². The number of aryl methyl sites for hydroxylation is 1. The third kappa shape index (κ3) is 2.34. The van der Waals surface area contributed by atoms with Gasteiger partial charge in [-0.15, -0.1) is 0 Å². The highest BCUT2D eigenvalue weighted by molar-refractivity contribution is 5.98. The number of nitrogens with zero attached hydrogens (tertiary/aromatic N) is 2. The molecule has 0 saturated heterocycles. The topological polar surface area (TPSA) is 60.9 Å². The minimum atomic E-state index is -0.352. The predicted molar refractivity (Wildman–Crippen MR) is 71.4 cm³/mol. The van der Waals surface area contributed by atoms with Gasteiger partial charge in [-0.3, -0.25) is 4.79 Å². The first-order valence-corrected chi connectivity index (χ1v) is 6.99. The van der Waals surface area contributed by atoms with E-state index in [0.29, 0.717) is 12.4 Å². The molecule has 1 heterocycles. The molecule has 0 amide bonds. The molecule has 1 aromatic heterocycles. The van der Waals surface area contributed by atoms with Gasteiger partial charge in [-0.05, 0) is 19.3 Å². The minimum Gasteiger partial charge on any atom is -0.329 e. The number of imidazole rings is 1. The van der Waals surface area contributed by atoms with Gasteiger partial charge in [0.2, 0.25) is 5.78 Å². The van der Waals surface area contributed by atoms with Crippen molar-refractivity contribution in [1.29, 1.82) is 0 Å². The van der Waals surface area contributed by atoms with Crippen molar-refractivity contribution in [3.63, 3.8) is 0 Å². The van der Waals surface area contributed by atoms with Crippen LogP contribution in [0.15, 0.2) is 12.4 Å². The summed E-state index contributed by atoms with van der Waals surface area (Å²) in [5, 5.41) is 0. The van der Waals surface area contributed by atoms with Gasteiger partial charge in [0.1, 0.15) is 0 Å². The Bertz CT molecular complexity index is 405. The molecule has 0 unspecified atom stereocenters. The van der Waals surface area contributed by atoms with E-state index in [2.05, 4.69) is 11.9 Å². The molecule has 0 radical (unpaired) electrons.